The number of nitrogens with one attached hydrogen (secondary N) is 1. The number of nitrogens with zero attached hydrogens (tertiary/aromatic N) is 2. The fourth-order valence-electron chi connectivity index (χ4n) is 3.56. The van der Waals surface area contributed by atoms with E-state index < -0.39 is 28.5 Å². The summed E-state index contributed by atoms with van der Waals surface area (Å²) in [6, 6.07) is 23.2. The molecule has 7 nitrogen and oxygen atoms in total. The minimum atomic E-state index is -4.06. The molecule has 0 fully saturated rings. The molecule has 0 aliphatic carbocycles. The molecule has 0 aliphatic rings. The van der Waals surface area contributed by atoms with Crippen molar-refractivity contribution in [3.63, 3.8) is 0 Å². The third-order valence-electron chi connectivity index (χ3n) is 5.42. The highest BCUT2D eigenvalue weighted by atomic mass is 79.9. The summed E-state index contributed by atoms with van der Waals surface area (Å²) in [6.07, 6.45) is 0. The summed E-state index contributed by atoms with van der Waals surface area (Å²) in [4.78, 5) is 27.8. The summed E-state index contributed by atoms with van der Waals surface area (Å²) in [5.74, 6) is -0.802. The van der Waals surface area contributed by atoms with Crippen LogP contribution in [0.1, 0.15) is 19.4 Å². The first-order chi connectivity index (χ1) is 16.7. The van der Waals surface area contributed by atoms with E-state index >= 15 is 0 Å². The van der Waals surface area contributed by atoms with Gasteiger partial charge in [0.1, 0.15) is 12.6 Å². The quantitative estimate of drug-likeness (QED) is 0.404. The zero-order valence-electron chi connectivity index (χ0n) is 19.6. The Balaban J connectivity index is 2.01. The van der Waals surface area contributed by atoms with Gasteiger partial charge in [0.15, 0.2) is 0 Å². The van der Waals surface area contributed by atoms with Crippen LogP contribution in [0.25, 0.3) is 0 Å². The number of halogens is 1. The smallest absolute Gasteiger partial charge is 0.264 e. The molecule has 0 bridgehead atoms. The fraction of sp³-hybridized carbons (Fsp3) is 0.231. The van der Waals surface area contributed by atoms with Crippen LogP contribution < -0.4 is 9.62 Å². The van der Waals surface area contributed by atoms with Gasteiger partial charge < -0.3 is 10.2 Å². The van der Waals surface area contributed by atoms with Crippen molar-refractivity contribution >= 4 is 43.5 Å². The van der Waals surface area contributed by atoms with Gasteiger partial charge in [-0.2, -0.15) is 0 Å². The number of rotatable bonds is 10. The van der Waals surface area contributed by atoms with E-state index in [1.165, 1.54) is 17.0 Å². The van der Waals surface area contributed by atoms with Gasteiger partial charge in [-0.1, -0.05) is 70.5 Å². The summed E-state index contributed by atoms with van der Waals surface area (Å²) < 4.78 is 29.0. The van der Waals surface area contributed by atoms with Crippen molar-refractivity contribution in [3.05, 3.63) is 95.0 Å². The molecule has 2 amide bonds. The molecule has 0 saturated carbocycles. The highest BCUT2D eigenvalue weighted by molar-refractivity contribution is 9.10. The van der Waals surface area contributed by atoms with Gasteiger partial charge in [-0.3, -0.25) is 13.9 Å². The molecule has 1 N–H and O–H groups in total. The van der Waals surface area contributed by atoms with Gasteiger partial charge in [0.05, 0.1) is 10.6 Å². The molecule has 0 spiro atoms. The first kappa shape index (κ1) is 26.4. The standard InChI is InChI=1S/C26H28BrN3O4S/c1-3-28-26(32)20(2)29(18-21-11-6-4-7-12-21)25(31)19-30(23-14-10-13-22(27)17-23)35(33,34)24-15-8-5-9-16-24/h4-17,20H,3,18-19H2,1-2H3,(H,28,32)/t20-/m1/s1. The van der Waals surface area contributed by atoms with Crippen LogP contribution in [-0.4, -0.2) is 44.3 Å². The number of benzene rings is 3. The molecular weight excluding hydrogens is 530 g/mol. The van der Waals surface area contributed by atoms with Crippen LogP contribution in [0, 0.1) is 0 Å². The largest absolute Gasteiger partial charge is 0.355 e. The van der Waals surface area contributed by atoms with Crippen LogP contribution in [0.5, 0.6) is 0 Å². The summed E-state index contributed by atoms with van der Waals surface area (Å²) in [7, 11) is -4.06. The van der Waals surface area contributed by atoms with Crippen LogP contribution in [-0.2, 0) is 26.2 Å². The lowest BCUT2D eigenvalue weighted by Crippen LogP contribution is -2.51. The number of amides is 2. The van der Waals surface area contributed by atoms with E-state index in [1.807, 2.05) is 30.3 Å². The normalized spacial score (nSPS) is 12.0. The van der Waals surface area contributed by atoms with Crippen molar-refractivity contribution in [1.82, 2.24) is 10.2 Å². The van der Waals surface area contributed by atoms with E-state index in [0.29, 0.717) is 16.7 Å². The molecule has 0 heterocycles. The molecule has 184 valence electrons. The summed E-state index contributed by atoms with van der Waals surface area (Å²) >= 11 is 3.38. The molecule has 0 aromatic heterocycles. The van der Waals surface area contributed by atoms with Crippen LogP contribution in [0.2, 0.25) is 0 Å². The lowest BCUT2D eigenvalue weighted by molar-refractivity contribution is -0.139. The number of carbonyl (C=O) groups excluding carboxylic acids is 2. The van der Waals surface area contributed by atoms with Crippen molar-refractivity contribution in [1.29, 1.82) is 0 Å². The molecule has 0 radical (unpaired) electrons. The molecule has 0 saturated heterocycles. The third kappa shape index (κ3) is 6.70. The molecule has 3 rings (SSSR count). The number of anilines is 1. The maximum atomic E-state index is 13.7. The Hall–Kier alpha value is -3.17. The first-order valence-corrected chi connectivity index (χ1v) is 13.4. The number of hydrogen-bond acceptors (Lipinski definition) is 4. The fourth-order valence-corrected chi connectivity index (χ4v) is 5.38. The Morgan fingerprint density at radius 3 is 2.17 bits per heavy atom. The molecule has 35 heavy (non-hydrogen) atoms. The van der Waals surface area contributed by atoms with Crippen LogP contribution >= 0.6 is 15.9 Å². The zero-order chi connectivity index (χ0) is 25.4. The molecule has 0 unspecified atom stereocenters. The van der Waals surface area contributed by atoms with E-state index in [9.17, 15) is 18.0 Å². The number of hydrogen-bond donors (Lipinski definition) is 1. The Kier molecular flexibility index (Phi) is 9.06. The Morgan fingerprint density at radius 2 is 1.57 bits per heavy atom. The van der Waals surface area contributed by atoms with E-state index in [0.717, 1.165) is 9.87 Å². The van der Waals surface area contributed by atoms with Crippen molar-refractivity contribution in [2.75, 3.05) is 17.4 Å². The Bertz CT molecular complexity index is 1250. The van der Waals surface area contributed by atoms with Crippen molar-refractivity contribution in [2.24, 2.45) is 0 Å². The molecular formula is C26H28BrN3O4S. The molecule has 0 aliphatic heterocycles. The summed E-state index contributed by atoms with van der Waals surface area (Å²) in [5.41, 5.74) is 1.17. The van der Waals surface area contributed by atoms with Crippen molar-refractivity contribution < 1.29 is 18.0 Å². The summed E-state index contributed by atoms with van der Waals surface area (Å²) in [5, 5.41) is 2.74. The van der Waals surface area contributed by atoms with Crippen LogP contribution in [0.4, 0.5) is 5.69 Å². The molecule has 3 aromatic carbocycles. The van der Waals surface area contributed by atoms with Crippen molar-refractivity contribution in [3.8, 4) is 0 Å². The lowest BCUT2D eigenvalue weighted by atomic mass is 10.1. The third-order valence-corrected chi connectivity index (χ3v) is 7.70. The lowest BCUT2D eigenvalue weighted by Gasteiger charge is -2.32. The monoisotopic (exact) mass is 557 g/mol. The van der Waals surface area contributed by atoms with E-state index in [2.05, 4.69) is 21.2 Å². The van der Waals surface area contributed by atoms with Gasteiger partial charge >= 0.3 is 0 Å². The molecule has 1 atom stereocenters. The average molecular weight is 558 g/mol. The second-order valence-corrected chi connectivity index (χ2v) is 10.7. The highest BCUT2D eigenvalue weighted by Gasteiger charge is 2.32. The van der Waals surface area contributed by atoms with Gasteiger partial charge in [-0.05, 0) is 49.7 Å². The molecule has 9 heteroatoms. The minimum Gasteiger partial charge on any atom is -0.355 e. The minimum absolute atomic E-state index is 0.0687. The number of likely N-dealkylation sites (N-methyl/N-ethyl adjacent to an activating group) is 1. The number of sulfonamides is 1. The van der Waals surface area contributed by atoms with E-state index in [4.69, 9.17) is 0 Å². The number of carbonyl (C=O) groups is 2. The van der Waals surface area contributed by atoms with Crippen LogP contribution in [0.15, 0.2) is 94.3 Å². The Morgan fingerprint density at radius 1 is 0.943 bits per heavy atom. The second-order valence-electron chi connectivity index (χ2n) is 7.88. The SMILES string of the molecule is CCNC(=O)[C@@H](C)N(Cc1ccccc1)C(=O)CN(c1cccc(Br)c1)S(=O)(=O)c1ccccc1. The predicted molar refractivity (Wildman–Crippen MR) is 140 cm³/mol. The first-order valence-electron chi connectivity index (χ1n) is 11.2. The van der Waals surface area contributed by atoms with Gasteiger partial charge in [0.2, 0.25) is 11.8 Å². The molecule has 3 aromatic rings. The van der Waals surface area contributed by atoms with Crippen molar-refractivity contribution in [2.45, 2.75) is 31.3 Å². The second kappa shape index (κ2) is 12.0. The topological polar surface area (TPSA) is 86.8 Å². The average Bonchev–Trinajstić information content (AvgIpc) is 2.86. The maximum absolute atomic E-state index is 13.7. The Labute approximate surface area is 214 Å². The van der Waals surface area contributed by atoms with E-state index in [-0.39, 0.29) is 17.3 Å². The van der Waals surface area contributed by atoms with E-state index in [1.54, 1.807) is 56.3 Å². The zero-order valence-corrected chi connectivity index (χ0v) is 22.0. The summed E-state index contributed by atoms with van der Waals surface area (Å²) in [6.45, 7) is 3.55. The van der Waals surface area contributed by atoms with Gasteiger partial charge in [0.25, 0.3) is 10.0 Å². The van der Waals surface area contributed by atoms with Gasteiger partial charge in [-0.25, -0.2) is 8.42 Å². The van der Waals surface area contributed by atoms with Gasteiger partial charge in [-0.15, -0.1) is 0 Å². The maximum Gasteiger partial charge on any atom is 0.264 e. The van der Waals surface area contributed by atoms with Crippen LogP contribution in [0.3, 0.4) is 0 Å². The highest BCUT2D eigenvalue weighted by Crippen LogP contribution is 2.27. The predicted octanol–water partition coefficient (Wildman–Crippen LogP) is 4.20. The van der Waals surface area contributed by atoms with Gasteiger partial charge in [0, 0.05) is 17.6 Å².